The molecule has 0 rings (SSSR count). The molecular weight excluding hydrogens is 168 g/mol. The van der Waals surface area contributed by atoms with Crippen LogP contribution in [-0.4, -0.2) is 37.2 Å². The molecule has 3 heteroatoms. The fourth-order valence-corrected chi connectivity index (χ4v) is 1.11. The second-order valence-electron chi connectivity index (χ2n) is 3.19. The maximum absolute atomic E-state index is 4.46. The molecule has 0 amide bonds. The molecule has 0 spiro atoms. The molecule has 0 bridgehead atoms. The summed E-state index contributed by atoms with van der Waals surface area (Å²) in [7, 11) is 4.22. The molecule has 0 fully saturated rings. The highest BCUT2D eigenvalue weighted by atomic mass is 32.1. The highest BCUT2D eigenvalue weighted by molar-refractivity contribution is 7.78. The summed E-state index contributed by atoms with van der Waals surface area (Å²) in [5, 5.41) is 2.38. The molecule has 0 atom stereocenters. The molecule has 70 valence electrons. The lowest BCUT2D eigenvalue weighted by atomic mass is 10.2. The molecule has 0 unspecified atom stereocenters. The molecule has 0 aromatic heterocycles. The number of hydrogen-bond donors (Lipinski definition) is 0. The SMILES string of the molecule is CN(C)CCCCCCN=C=S. The lowest BCUT2D eigenvalue weighted by Gasteiger charge is -2.07. The van der Waals surface area contributed by atoms with Gasteiger partial charge in [-0.1, -0.05) is 12.8 Å². The molecule has 0 heterocycles. The largest absolute Gasteiger partial charge is 0.309 e. The third kappa shape index (κ3) is 9.76. The Morgan fingerprint density at radius 2 is 1.83 bits per heavy atom. The molecule has 0 saturated heterocycles. The highest BCUT2D eigenvalue weighted by Gasteiger charge is 1.90. The second-order valence-corrected chi connectivity index (χ2v) is 3.37. The van der Waals surface area contributed by atoms with E-state index < -0.39 is 0 Å². The van der Waals surface area contributed by atoms with Crippen molar-refractivity contribution in [1.82, 2.24) is 4.90 Å². The van der Waals surface area contributed by atoms with Gasteiger partial charge in [-0.3, -0.25) is 0 Å². The second kappa shape index (κ2) is 8.85. The van der Waals surface area contributed by atoms with E-state index in [4.69, 9.17) is 0 Å². The first-order chi connectivity index (χ1) is 5.77. The highest BCUT2D eigenvalue weighted by Crippen LogP contribution is 2.00. The predicted octanol–water partition coefficient (Wildman–Crippen LogP) is 2.21. The number of rotatable bonds is 7. The van der Waals surface area contributed by atoms with Gasteiger partial charge in [0, 0.05) is 6.54 Å². The summed E-state index contributed by atoms with van der Waals surface area (Å²) in [6.45, 7) is 2.04. The lowest BCUT2D eigenvalue weighted by Crippen LogP contribution is -2.12. The van der Waals surface area contributed by atoms with Gasteiger partial charge in [0.25, 0.3) is 0 Å². The average molecular weight is 186 g/mol. The summed E-state index contributed by atoms with van der Waals surface area (Å²) in [6.07, 6.45) is 4.99. The summed E-state index contributed by atoms with van der Waals surface area (Å²) in [4.78, 5) is 6.08. The smallest absolute Gasteiger partial charge is 0.0584 e. The summed E-state index contributed by atoms with van der Waals surface area (Å²) < 4.78 is 0. The normalized spacial score (nSPS) is 9.92. The molecule has 0 N–H and O–H groups in total. The van der Waals surface area contributed by atoms with Crippen LogP contribution in [-0.2, 0) is 0 Å². The van der Waals surface area contributed by atoms with E-state index in [1.807, 2.05) is 0 Å². The number of hydrogen-bond acceptors (Lipinski definition) is 3. The van der Waals surface area contributed by atoms with Crippen molar-refractivity contribution in [2.45, 2.75) is 25.7 Å². The Balaban J connectivity index is 2.95. The lowest BCUT2D eigenvalue weighted by molar-refractivity contribution is 0.390. The van der Waals surface area contributed by atoms with E-state index in [2.05, 4.69) is 41.4 Å². The Bertz CT molecular complexity index is 139. The average Bonchev–Trinajstić information content (AvgIpc) is 2.02. The van der Waals surface area contributed by atoms with Crippen molar-refractivity contribution in [3.05, 3.63) is 0 Å². The Morgan fingerprint density at radius 1 is 1.17 bits per heavy atom. The third-order valence-electron chi connectivity index (χ3n) is 1.69. The van der Waals surface area contributed by atoms with Crippen LogP contribution in [0.15, 0.2) is 4.99 Å². The minimum absolute atomic E-state index is 0.853. The van der Waals surface area contributed by atoms with E-state index in [1.165, 1.54) is 25.8 Å². The van der Waals surface area contributed by atoms with E-state index in [0.29, 0.717) is 0 Å². The maximum Gasteiger partial charge on any atom is 0.0584 e. The van der Waals surface area contributed by atoms with E-state index in [9.17, 15) is 0 Å². The van der Waals surface area contributed by atoms with Crippen molar-refractivity contribution < 1.29 is 0 Å². The van der Waals surface area contributed by atoms with Crippen LogP contribution in [0.1, 0.15) is 25.7 Å². The van der Waals surface area contributed by atoms with Gasteiger partial charge in [-0.15, -0.1) is 0 Å². The predicted molar refractivity (Wildman–Crippen MR) is 56.9 cm³/mol. The van der Waals surface area contributed by atoms with Gasteiger partial charge in [0.2, 0.25) is 0 Å². The number of unbranched alkanes of at least 4 members (excludes halogenated alkanes) is 3. The topological polar surface area (TPSA) is 15.6 Å². The molecule has 0 radical (unpaired) electrons. The first-order valence-electron chi connectivity index (χ1n) is 4.45. The van der Waals surface area contributed by atoms with Crippen molar-refractivity contribution in [1.29, 1.82) is 0 Å². The van der Waals surface area contributed by atoms with Crippen LogP contribution < -0.4 is 0 Å². The van der Waals surface area contributed by atoms with Crippen LogP contribution in [0.25, 0.3) is 0 Å². The molecule has 2 nitrogen and oxygen atoms in total. The van der Waals surface area contributed by atoms with Gasteiger partial charge in [0.15, 0.2) is 0 Å². The van der Waals surface area contributed by atoms with Crippen LogP contribution in [0, 0.1) is 0 Å². The van der Waals surface area contributed by atoms with Crippen LogP contribution in [0.2, 0.25) is 0 Å². The first-order valence-corrected chi connectivity index (χ1v) is 4.86. The van der Waals surface area contributed by atoms with E-state index in [1.54, 1.807) is 0 Å². The minimum atomic E-state index is 0.853. The van der Waals surface area contributed by atoms with Crippen molar-refractivity contribution >= 4 is 17.4 Å². The fourth-order valence-electron chi connectivity index (χ4n) is 1.02. The van der Waals surface area contributed by atoms with Gasteiger partial charge in [-0.05, 0) is 45.7 Å². The van der Waals surface area contributed by atoms with Gasteiger partial charge in [-0.25, -0.2) is 4.99 Å². The first kappa shape index (κ1) is 11.8. The van der Waals surface area contributed by atoms with E-state index >= 15 is 0 Å². The van der Waals surface area contributed by atoms with Gasteiger partial charge in [0.05, 0.1) is 5.16 Å². The van der Waals surface area contributed by atoms with Crippen molar-refractivity contribution in [2.75, 3.05) is 27.2 Å². The number of isothiocyanates is 1. The monoisotopic (exact) mass is 186 g/mol. The van der Waals surface area contributed by atoms with Gasteiger partial charge < -0.3 is 4.90 Å². The number of aliphatic imine (C=N–C) groups is 1. The fraction of sp³-hybridized carbons (Fsp3) is 0.889. The molecule has 0 aromatic rings. The zero-order chi connectivity index (χ0) is 9.23. The van der Waals surface area contributed by atoms with Gasteiger partial charge in [-0.2, -0.15) is 0 Å². The summed E-state index contributed by atoms with van der Waals surface area (Å²) in [6, 6.07) is 0. The number of thiocarbonyl (C=S) groups is 1. The Kier molecular flexibility index (Phi) is 8.68. The quantitative estimate of drug-likeness (QED) is 0.344. The molecule has 0 aliphatic carbocycles. The van der Waals surface area contributed by atoms with Crippen molar-refractivity contribution in [3.8, 4) is 0 Å². The molecule has 0 aliphatic heterocycles. The number of nitrogens with zero attached hydrogens (tertiary/aromatic N) is 2. The minimum Gasteiger partial charge on any atom is -0.309 e. The summed E-state index contributed by atoms with van der Waals surface area (Å²) in [5.74, 6) is 0. The van der Waals surface area contributed by atoms with Crippen LogP contribution in [0.4, 0.5) is 0 Å². The third-order valence-corrected chi connectivity index (χ3v) is 1.82. The van der Waals surface area contributed by atoms with E-state index in [0.717, 1.165) is 13.0 Å². The van der Waals surface area contributed by atoms with Crippen LogP contribution in [0.3, 0.4) is 0 Å². The summed E-state index contributed by atoms with van der Waals surface area (Å²) in [5.41, 5.74) is 0. The molecule has 0 aromatic carbocycles. The molecular formula is C9H18N2S. The maximum atomic E-state index is 4.46. The van der Waals surface area contributed by atoms with Gasteiger partial charge in [0.1, 0.15) is 0 Å². The van der Waals surface area contributed by atoms with Crippen LogP contribution in [0.5, 0.6) is 0 Å². The Labute approximate surface area is 80.7 Å². The zero-order valence-corrected chi connectivity index (χ0v) is 8.86. The van der Waals surface area contributed by atoms with Crippen molar-refractivity contribution in [2.24, 2.45) is 4.99 Å². The van der Waals surface area contributed by atoms with E-state index in [-0.39, 0.29) is 0 Å². The standard InChI is InChI=1S/C9H18N2S/c1-11(2)8-6-4-3-5-7-10-9-12/h3-8H2,1-2H3. The molecule has 12 heavy (non-hydrogen) atoms. The summed E-state index contributed by atoms with van der Waals surface area (Å²) >= 11 is 4.46. The Hall–Kier alpha value is -0.240. The zero-order valence-electron chi connectivity index (χ0n) is 8.05. The molecule has 0 aliphatic rings. The van der Waals surface area contributed by atoms with Crippen molar-refractivity contribution in [3.63, 3.8) is 0 Å². The molecule has 0 saturated carbocycles. The van der Waals surface area contributed by atoms with Gasteiger partial charge >= 0.3 is 0 Å². The van der Waals surface area contributed by atoms with Crippen LogP contribution >= 0.6 is 12.2 Å². The Morgan fingerprint density at radius 3 is 2.42 bits per heavy atom.